The molecule has 5 atom stereocenters. The fourth-order valence-electron chi connectivity index (χ4n) is 4.01. The molecule has 0 aliphatic carbocycles. The van der Waals surface area contributed by atoms with Crippen LogP contribution in [0.1, 0.15) is 0 Å². The van der Waals surface area contributed by atoms with E-state index in [1.54, 1.807) is 18.2 Å². The fourth-order valence-corrected chi connectivity index (χ4v) is 4.01. The highest BCUT2D eigenvalue weighted by atomic mass is 16.7. The molecule has 2 aromatic carbocycles. The number of hydrogen-bond acceptors (Lipinski definition) is 11. The maximum atomic E-state index is 13.3. The summed E-state index contributed by atoms with van der Waals surface area (Å²) in [4.78, 5) is 13.3. The van der Waals surface area contributed by atoms with Crippen molar-refractivity contribution >= 4 is 11.0 Å². The van der Waals surface area contributed by atoms with Crippen molar-refractivity contribution in [2.24, 2.45) is 0 Å². The van der Waals surface area contributed by atoms with E-state index >= 15 is 0 Å². The molecule has 11 nitrogen and oxygen atoms in total. The summed E-state index contributed by atoms with van der Waals surface area (Å²) >= 11 is 0. The van der Waals surface area contributed by atoms with Crippen LogP contribution in [0, 0.1) is 0 Å². The third kappa shape index (κ3) is 3.63. The predicted octanol–water partition coefficient (Wildman–Crippen LogP) is 0.376. The van der Waals surface area contributed by atoms with Crippen LogP contribution < -0.4 is 24.4 Å². The van der Waals surface area contributed by atoms with Gasteiger partial charge in [-0.2, -0.15) is 0 Å². The van der Waals surface area contributed by atoms with Crippen LogP contribution in [0.4, 0.5) is 0 Å². The number of fused-ring (bicyclic) bond motifs is 2. The number of ether oxygens (including phenoxy) is 5. The van der Waals surface area contributed by atoms with Crippen molar-refractivity contribution < 1.29 is 48.5 Å². The van der Waals surface area contributed by atoms with E-state index in [0.29, 0.717) is 17.1 Å². The van der Waals surface area contributed by atoms with Crippen LogP contribution in [0.5, 0.6) is 23.0 Å². The second kappa shape index (κ2) is 8.78. The Bertz CT molecular complexity index is 1250. The van der Waals surface area contributed by atoms with Gasteiger partial charge in [0.15, 0.2) is 11.5 Å². The highest BCUT2D eigenvalue weighted by Crippen LogP contribution is 2.45. The van der Waals surface area contributed by atoms with Crippen LogP contribution in [0.15, 0.2) is 45.8 Å². The molecule has 0 spiro atoms. The van der Waals surface area contributed by atoms with Gasteiger partial charge in [0.2, 0.25) is 24.3 Å². The van der Waals surface area contributed by atoms with Gasteiger partial charge in [0.1, 0.15) is 47.4 Å². The lowest BCUT2D eigenvalue weighted by atomic mass is 9.99. The van der Waals surface area contributed by atoms with Crippen LogP contribution in [-0.2, 0) is 4.74 Å². The van der Waals surface area contributed by atoms with Crippen molar-refractivity contribution in [2.75, 3.05) is 20.5 Å². The molecule has 4 N–H and O–H groups in total. The van der Waals surface area contributed by atoms with Gasteiger partial charge in [0.05, 0.1) is 19.3 Å². The summed E-state index contributed by atoms with van der Waals surface area (Å²) in [5.74, 6) is 1.25. The third-order valence-electron chi connectivity index (χ3n) is 5.83. The monoisotopic (exact) mass is 474 g/mol. The average molecular weight is 474 g/mol. The number of rotatable bonds is 5. The number of hydrogen-bond donors (Lipinski definition) is 4. The maximum Gasteiger partial charge on any atom is 0.231 e. The molecule has 0 saturated carbocycles. The highest BCUT2D eigenvalue weighted by molar-refractivity contribution is 5.91. The van der Waals surface area contributed by atoms with Crippen molar-refractivity contribution in [2.45, 2.75) is 30.7 Å². The van der Waals surface area contributed by atoms with Gasteiger partial charge in [-0.15, -0.1) is 0 Å². The standard InChI is InChI=1S/C23H22O11/c1-29-22-16-13(6-14-21(22)32-9-31-14)30-8-12(17(16)25)10-2-4-11(5-3-10)33-23-20(28)19(27)18(26)15(7-24)34-23/h2-6,8,15,18-20,23-24,26-28H,7,9H2,1H3/t15-,18-,19+,20-,23+/m1/s1. The molecule has 180 valence electrons. The van der Waals surface area contributed by atoms with Crippen molar-refractivity contribution in [3.05, 3.63) is 46.8 Å². The number of aliphatic hydroxyl groups excluding tert-OH is 4. The lowest BCUT2D eigenvalue weighted by Gasteiger charge is -2.39. The minimum atomic E-state index is -1.55. The van der Waals surface area contributed by atoms with Crippen molar-refractivity contribution in [3.63, 3.8) is 0 Å². The van der Waals surface area contributed by atoms with E-state index in [0.717, 1.165) is 0 Å². The van der Waals surface area contributed by atoms with E-state index in [1.165, 1.54) is 25.5 Å². The molecular weight excluding hydrogens is 452 g/mol. The zero-order valence-corrected chi connectivity index (χ0v) is 17.9. The fraction of sp³-hybridized carbons (Fsp3) is 0.348. The highest BCUT2D eigenvalue weighted by Gasteiger charge is 2.44. The van der Waals surface area contributed by atoms with Gasteiger partial charge in [-0.1, -0.05) is 12.1 Å². The molecule has 1 saturated heterocycles. The lowest BCUT2D eigenvalue weighted by molar-refractivity contribution is -0.277. The molecule has 3 heterocycles. The Morgan fingerprint density at radius 3 is 2.53 bits per heavy atom. The van der Waals surface area contributed by atoms with Crippen LogP contribution in [-0.4, -0.2) is 71.6 Å². The first-order valence-corrected chi connectivity index (χ1v) is 10.4. The van der Waals surface area contributed by atoms with Crippen LogP contribution in [0.3, 0.4) is 0 Å². The van der Waals surface area contributed by atoms with Crippen LogP contribution in [0.2, 0.25) is 0 Å². The zero-order valence-electron chi connectivity index (χ0n) is 17.9. The largest absolute Gasteiger partial charge is 0.492 e. The summed E-state index contributed by atoms with van der Waals surface area (Å²) in [6.45, 7) is -0.551. The third-order valence-corrected chi connectivity index (χ3v) is 5.83. The smallest absolute Gasteiger partial charge is 0.231 e. The van der Waals surface area contributed by atoms with E-state index < -0.39 is 37.3 Å². The lowest BCUT2D eigenvalue weighted by Crippen LogP contribution is -2.60. The second-order valence-electron chi connectivity index (χ2n) is 7.83. The van der Waals surface area contributed by atoms with Gasteiger partial charge in [0, 0.05) is 6.07 Å². The molecular formula is C23H22O11. The molecule has 2 aliphatic heterocycles. The second-order valence-corrected chi connectivity index (χ2v) is 7.83. The summed E-state index contributed by atoms with van der Waals surface area (Å²) < 4.78 is 32.8. The SMILES string of the molecule is COc1c2c(cc3occ(-c4ccc(O[C@H]5O[C@H](CO)[C@@H](O)[C@H](O)[C@H]5O)cc4)c(=O)c13)OCO2. The maximum absolute atomic E-state index is 13.3. The zero-order chi connectivity index (χ0) is 24.0. The van der Waals surface area contributed by atoms with Gasteiger partial charge < -0.3 is 48.5 Å². The van der Waals surface area contributed by atoms with E-state index in [-0.39, 0.29) is 40.3 Å². The Hall–Kier alpha value is -3.35. The first-order valence-electron chi connectivity index (χ1n) is 10.4. The number of benzene rings is 2. The topological polar surface area (TPSA) is 157 Å². The molecule has 1 aromatic heterocycles. The van der Waals surface area contributed by atoms with Gasteiger partial charge in [0.25, 0.3) is 0 Å². The first-order chi connectivity index (χ1) is 16.4. The summed E-state index contributed by atoms with van der Waals surface area (Å²) in [5.41, 5.74) is 0.747. The van der Waals surface area contributed by atoms with Crippen LogP contribution >= 0.6 is 0 Å². The summed E-state index contributed by atoms with van der Waals surface area (Å²) in [5, 5.41) is 39.5. The Kier molecular flexibility index (Phi) is 5.80. The Labute approximate surface area is 192 Å². The summed E-state index contributed by atoms with van der Waals surface area (Å²) in [6.07, 6.45) is -5.64. The van der Waals surface area contributed by atoms with Crippen LogP contribution in [0.25, 0.3) is 22.1 Å². The van der Waals surface area contributed by atoms with E-state index in [1.807, 2.05) is 0 Å². The number of methoxy groups -OCH3 is 1. The van der Waals surface area contributed by atoms with Crippen molar-refractivity contribution in [3.8, 4) is 34.1 Å². The Morgan fingerprint density at radius 2 is 1.82 bits per heavy atom. The first kappa shape index (κ1) is 22.4. The number of aliphatic hydroxyl groups is 4. The molecule has 0 amide bonds. The molecule has 1 fully saturated rings. The molecule has 3 aromatic rings. The van der Waals surface area contributed by atoms with Crippen molar-refractivity contribution in [1.82, 2.24) is 0 Å². The quantitative estimate of drug-likeness (QED) is 0.405. The molecule has 11 heteroatoms. The van der Waals surface area contributed by atoms with E-state index in [9.17, 15) is 25.2 Å². The van der Waals surface area contributed by atoms with Crippen molar-refractivity contribution in [1.29, 1.82) is 0 Å². The molecule has 5 rings (SSSR count). The van der Waals surface area contributed by atoms with Gasteiger partial charge >= 0.3 is 0 Å². The molecule has 0 bridgehead atoms. The summed E-state index contributed by atoms with van der Waals surface area (Å²) in [6, 6.07) is 7.87. The molecule has 2 aliphatic rings. The van der Waals surface area contributed by atoms with Gasteiger partial charge in [-0.05, 0) is 17.7 Å². The normalized spacial score (nSPS) is 26.0. The molecule has 0 radical (unpaired) electrons. The predicted molar refractivity (Wildman–Crippen MR) is 115 cm³/mol. The Morgan fingerprint density at radius 1 is 1.06 bits per heavy atom. The summed E-state index contributed by atoms with van der Waals surface area (Å²) in [7, 11) is 1.42. The van der Waals surface area contributed by atoms with Gasteiger partial charge in [-0.25, -0.2) is 0 Å². The molecule has 34 heavy (non-hydrogen) atoms. The Balaban J connectivity index is 1.44. The van der Waals surface area contributed by atoms with E-state index in [2.05, 4.69) is 0 Å². The van der Waals surface area contributed by atoms with Gasteiger partial charge in [-0.3, -0.25) is 4.79 Å². The minimum absolute atomic E-state index is 0.0129. The average Bonchev–Trinajstić information content (AvgIpc) is 3.32. The molecule has 0 unspecified atom stereocenters. The van der Waals surface area contributed by atoms with E-state index in [4.69, 9.17) is 28.1 Å². The minimum Gasteiger partial charge on any atom is -0.492 e.